The van der Waals surface area contributed by atoms with E-state index in [1.807, 2.05) is 62.4 Å². The summed E-state index contributed by atoms with van der Waals surface area (Å²) in [6.45, 7) is 6.61. The Balaban J connectivity index is 1.89. The third-order valence-electron chi connectivity index (χ3n) is 5.41. The molecule has 4 rings (SSSR count). The number of rotatable bonds is 7. The molecule has 0 fully saturated rings. The number of thiazole rings is 1. The first kappa shape index (κ1) is 23.5. The molecule has 176 valence electrons. The topological polar surface area (TPSA) is 79.1 Å². The van der Waals surface area contributed by atoms with Crippen LogP contribution in [0.5, 0.6) is 11.5 Å². The zero-order chi connectivity index (χ0) is 24.2. The van der Waals surface area contributed by atoms with Crippen LogP contribution in [0.1, 0.15) is 37.9 Å². The van der Waals surface area contributed by atoms with Gasteiger partial charge in [-0.05, 0) is 50.1 Å². The van der Waals surface area contributed by atoms with Gasteiger partial charge in [0.25, 0.3) is 5.56 Å². The first-order valence-corrected chi connectivity index (χ1v) is 11.9. The van der Waals surface area contributed by atoms with Crippen LogP contribution in [0.3, 0.4) is 0 Å². The number of benzene rings is 2. The fourth-order valence-corrected chi connectivity index (χ4v) is 5.00. The largest absolute Gasteiger partial charge is 0.490 e. The van der Waals surface area contributed by atoms with Gasteiger partial charge in [0.15, 0.2) is 16.3 Å². The summed E-state index contributed by atoms with van der Waals surface area (Å²) in [5.74, 6) is 0.777. The van der Waals surface area contributed by atoms with E-state index < -0.39 is 12.0 Å². The number of hydrogen-bond acceptors (Lipinski definition) is 7. The zero-order valence-corrected chi connectivity index (χ0v) is 20.3. The fraction of sp³-hybridized carbons (Fsp3) is 0.269. The Morgan fingerprint density at radius 1 is 1.09 bits per heavy atom. The number of esters is 1. The summed E-state index contributed by atoms with van der Waals surface area (Å²) in [5.41, 5.74) is 2.28. The van der Waals surface area contributed by atoms with Crippen molar-refractivity contribution in [2.75, 3.05) is 20.3 Å². The number of carbonyl (C=O) groups is 1. The molecule has 0 N–H and O–H groups in total. The maximum atomic E-state index is 13.6. The maximum absolute atomic E-state index is 13.6. The lowest BCUT2D eigenvalue weighted by Crippen LogP contribution is -2.39. The Bertz CT molecular complexity index is 1420. The second-order valence-electron chi connectivity index (χ2n) is 7.56. The van der Waals surface area contributed by atoms with Crippen molar-refractivity contribution in [3.05, 3.63) is 90.6 Å². The molecule has 0 bridgehead atoms. The van der Waals surface area contributed by atoms with Crippen LogP contribution in [-0.4, -0.2) is 30.9 Å². The fourth-order valence-electron chi connectivity index (χ4n) is 3.95. The normalized spacial score (nSPS) is 15.5. The molecule has 1 unspecified atom stereocenters. The minimum absolute atomic E-state index is 0.224. The summed E-state index contributed by atoms with van der Waals surface area (Å²) in [6.07, 6.45) is 1.81. The van der Waals surface area contributed by atoms with Gasteiger partial charge in [0.1, 0.15) is 0 Å². The van der Waals surface area contributed by atoms with E-state index in [1.165, 1.54) is 18.4 Å². The number of fused-ring (bicyclic) bond motifs is 1. The number of nitrogens with zero attached hydrogens (tertiary/aromatic N) is 2. The Morgan fingerprint density at radius 3 is 2.47 bits per heavy atom. The van der Waals surface area contributed by atoms with E-state index in [0.29, 0.717) is 45.3 Å². The van der Waals surface area contributed by atoms with E-state index >= 15 is 0 Å². The number of hydrogen-bond donors (Lipinski definition) is 0. The minimum atomic E-state index is -0.619. The number of aromatic nitrogens is 1. The minimum Gasteiger partial charge on any atom is -0.490 e. The summed E-state index contributed by atoms with van der Waals surface area (Å²) in [7, 11) is 1.33. The van der Waals surface area contributed by atoms with E-state index in [9.17, 15) is 9.59 Å². The van der Waals surface area contributed by atoms with Crippen molar-refractivity contribution in [3.8, 4) is 11.5 Å². The lowest BCUT2D eigenvalue weighted by molar-refractivity contribution is -0.136. The second-order valence-corrected chi connectivity index (χ2v) is 8.57. The molecule has 7 nitrogen and oxygen atoms in total. The molecule has 1 aliphatic heterocycles. The molecule has 8 heteroatoms. The highest BCUT2D eigenvalue weighted by Gasteiger charge is 2.32. The lowest BCUT2D eigenvalue weighted by Gasteiger charge is -2.24. The monoisotopic (exact) mass is 478 g/mol. The summed E-state index contributed by atoms with van der Waals surface area (Å²) < 4.78 is 18.5. The van der Waals surface area contributed by atoms with Crippen LogP contribution >= 0.6 is 11.3 Å². The maximum Gasteiger partial charge on any atom is 0.338 e. The van der Waals surface area contributed by atoms with Gasteiger partial charge in [-0.3, -0.25) is 9.36 Å². The molecule has 0 amide bonds. The molecule has 2 aromatic carbocycles. The van der Waals surface area contributed by atoms with Crippen molar-refractivity contribution >= 4 is 23.4 Å². The highest BCUT2D eigenvalue weighted by atomic mass is 32.1. The van der Waals surface area contributed by atoms with Gasteiger partial charge in [0.05, 0.1) is 42.2 Å². The van der Waals surface area contributed by atoms with Gasteiger partial charge in [-0.2, -0.15) is 0 Å². The molecule has 1 aliphatic rings. The summed E-state index contributed by atoms with van der Waals surface area (Å²) >= 11 is 1.28. The van der Waals surface area contributed by atoms with Crippen molar-refractivity contribution in [1.29, 1.82) is 0 Å². The first-order valence-electron chi connectivity index (χ1n) is 11.0. The van der Waals surface area contributed by atoms with Crippen LogP contribution in [0.2, 0.25) is 0 Å². The van der Waals surface area contributed by atoms with E-state index in [2.05, 4.69) is 4.99 Å². The summed E-state index contributed by atoms with van der Waals surface area (Å²) in [4.78, 5) is 31.4. The van der Waals surface area contributed by atoms with Crippen LogP contribution in [-0.2, 0) is 9.53 Å². The Kier molecular flexibility index (Phi) is 6.98. The van der Waals surface area contributed by atoms with Crippen molar-refractivity contribution in [2.24, 2.45) is 4.99 Å². The van der Waals surface area contributed by atoms with Gasteiger partial charge < -0.3 is 14.2 Å². The third-order valence-corrected chi connectivity index (χ3v) is 6.39. The molecule has 1 atom stereocenters. The van der Waals surface area contributed by atoms with Gasteiger partial charge in [-0.15, -0.1) is 0 Å². The molecule has 0 aliphatic carbocycles. The molecule has 1 aromatic heterocycles. The zero-order valence-electron chi connectivity index (χ0n) is 19.5. The van der Waals surface area contributed by atoms with Gasteiger partial charge >= 0.3 is 5.97 Å². The predicted octanol–water partition coefficient (Wildman–Crippen LogP) is 3.21. The Hall–Kier alpha value is -3.65. The number of carbonyl (C=O) groups excluding carboxylic acids is 1. The molecule has 0 saturated carbocycles. The van der Waals surface area contributed by atoms with E-state index in [4.69, 9.17) is 14.2 Å². The van der Waals surface area contributed by atoms with E-state index in [0.717, 1.165) is 11.1 Å². The van der Waals surface area contributed by atoms with E-state index in [1.54, 1.807) is 17.6 Å². The van der Waals surface area contributed by atoms with Crippen LogP contribution in [0.15, 0.2) is 69.6 Å². The molecular formula is C26H26N2O5S. The standard InChI is InChI=1S/C26H26N2O5S/c1-5-32-19-13-12-17(14-20(19)33-6-2)15-21-24(29)28-23(18-10-8-7-9-11-18)22(25(30)31-4)16(3)27-26(28)34-21/h7-15,23H,5-6H2,1-4H3. The van der Waals surface area contributed by atoms with Crippen molar-refractivity contribution in [1.82, 2.24) is 4.57 Å². The first-order chi connectivity index (χ1) is 16.5. The highest BCUT2D eigenvalue weighted by molar-refractivity contribution is 7.07. The number of ether oxygens (including phenoxy) is 3. The van der Waals surface area contributed by atoms with Gasteiger partial charge in [-0.25, -0.2) is 9.79 Å². The van der Waals surface area contributed by atoms with Gasteiger partial charge in [0, 0.05) is 0 Å². The van der Waals surface area contributed by atoms with Gasteiger partial charge in [0.2, 0.25) is 0 Å². The van der Waals surface area contributed by atoms with Crippen molar-refractivity contribution in [2.45, 2.75) is 26.8 Å². The summed E-state index contributed by atoms with van der Waals surface area (Å²) in [6, 6.07) is 14.4. The Labute approximate surface area is 201 Å². The van der Waals surface area contributed by atoms with Crippen LogP contribution in [0.4, 0.5) is 0 Å². The molecule has 2 heterocycles. The van der Waals surface area contributed by atoms with Crippen LogP contribution in [0.25, 0.3) is 6.08 Å². The quantitative estimate of drug-likeness (QED) is 0.488. The molecule has 0 saturated heterocycles. The molecule has 0 spiro atoms. The number of allylic oxidation sites excluding steroid dienone is 1. The average Bonchev–Trinajstić information content (AvgIpc) is 3.14. The molecule has 34 heavy (non-hydrogen) atoms. The summed E-state index contributed by atoms with van der Waals surface area (Å²) in [5, 5.41) is 0. The average molecular weight is 479 g/mol. The molecule has 3 aromatic rings. The van der Waals surface area contributed by atoms with Gasteiger partial charge in [-0.1, -0.05) is 47.7 Å². The Morgan fingerprint density at radius 2 is 1.79 bits per heavy atom. The molecular weight excluding hydrogens is 452 g/mol. The van der Waals surface area contributed by atoms with E-state index in [-0.39, 0.29) is 5.56 Å². The van der Waals surface area contributed by atoms with Crippen LogP contribution in [0, 0.1) is 0 Å². The lowest BCUT2D eigenvalue weighted by atomic mass is 9.96. The van der Waals surface area contributed by atoms with Crippen molar-refractivity contribution in [3.63, 3.8) is 0 Å². The highest BCUT2D eigenvalue weighted by Crippen LogP contribution is 2.31. The van der Waals surface area contributed by atoms with Crippen molar-refractivity contribution < 1.29 is 19.0 Å². The smallest absolute Gasteiger partial charge is 0.338 e. The number of methoxy groups -OCH3 is 1. The SMILES string of the molecule is CCOc1ccc(C=c2sc3n(c2=O)C(c2ccccc2)C(C(=O)OC)=C(C)N=3)cc1OCC. The van der Waals surface area contributed by atoms with Crippen LogP contribution < -0.4 is 24.4 Å². The molecule has 0 radical (unpaired) electrons. The second kappa shape index (κ2) is 10.1. The predicted molar refractivity (Wildman–Crippen MR) is 131 cm³/mol. The third kappa shape index (κ3) is 4.41.